The van der Waals surface area contributed by atoms with Gasteiger partial charge in [-0.15, -0.1) is 0 Å². The number of nitrogens with zero attached hydrogens (tertiary/aromatic N) is 2. The summed E-state index contributed by atoms with van der Waals surface area (Å²) < 4.78 is 10.3. The van der Waals surface area contributed by atoms with E-state index in [1.165, 1.54) is 16.7 Å². The van der Waals surface area contributed by atoms with Crippen LogP contribution in [-0.2, 0) is 11.2 Å². The molecule has 0 spiro atoms. The molecule has 0 aliphatic heterocycles. The van der Waals surface area contributed by atoms with Gasteiger partial charge in [-0.2, -0.15) is 4.98 Å². The maximum atomic E-state index is 6.04. The normalized spacial score (nSPS) is 12.6. The van der Waals surface area contributed by atoms with Crippen LogP contribution in [0.4, 0.5) is 0 Å². The highest BCUT2D eigenvalue weighted by atomic mass is 16.5. The van der Waals surface area contributed by atoms with E-state index in [0.29, 0.717) is 24.7 Å². The number of ether oxygens (including phenoxy) is 1. The van der Waals surface area contributed by atoms with Gasteiger partial charge in [0.1, 0.15) is 0 Å². The molecule has 1 aromatic carbocycles. The largest absolute Gasteiger partial charge is 0.385 e. The molecule has 0 saturated heterocycles. The van der Waals surface area contributed by atoms with Crippen LogP contribution in [-0.4, -0.2) is 23.9 Å². The van der Waals surface area contributed by atoms with Gasteiger partial charge in [-0.1, -0.05) is 34.5 Å². The molecular weight excluding hydrogens is 266 g/mol. The quantitative estimate of drug-likeness (QED) is 0.793. The van der Waals surface area contributed by atoms with E-state index < -0.39 is 0 Å². The summed E-state index contributed by atoms with van der Waals surface area (Å²) in [4.78, 5) is 4.40. The highest BCUT2D eigenvalue weighted by Crippen LogP contribution is 2.16. The minimum absolute atomic E-state index is 0.222. The predicted octanol–water partition coefficient (Wildman–Crippen LogP) is 2.70. The van der Waals surface area contributed by atoms with E-state index in [-0.39, 0.29) is 6.04 Å². The molecule has 2 rings (SSSR count). The van der Waals surface area contributed by atoms with Crippen LogP contribution in [0, 0.1) is 13.8 Å². The van der Waals surface area contributed by atoms with Crippen LogP contribution >= 0.6 is 0 Å². The Morgan fingerprint density at radius 2 is 1.95 bits per heavy atom. The van der Waals surface area contributed by atoms with E-state index in [0.717, 1.165) is 12.8 Å². The average molecular weight is 289 g/mol. The van der Waals surface area contributed by atoms with Gasteiger partial charge >= 0.3 is 0 Å². The number of hydrogen-bond acceptors (Lipinski definition) is 5. The molecule has 0 saturated carbocycles. The average Bonchev–Trinajstić information content (AvgIpc) is 2.86. The molecule has 1 unspecified atom stereocenters. The molecule has 5 heteroatoms. The highest BCUT2D eigenvalue weighted by molar-refractivity contribution is 5.30. The SMILES string of the molecule is COCCCC(N)c1nc(Cc2cc(C)cc(C)c2)no1. The van der Waals surface area contributed by atoms with Crippen LogP contribution in [0.5, 0.6) is 0 Å². The van der Waals surface area contributed by atoms with Crippen LogP contribution in [0.1, 0.15) is 47.3 Å². The summed E-state index contributed by atoms with van der Waals surface area (Å²) in [7, 11) is 1.68. The van der Waals surface area contributed by atoms with Gasteiger partial charge in [0, 0.05) is 20.1 Å². The van der Waals surface area contributed by atoms with Crippen molar-refractivity contribution in [3.8, 4) is 0 Å². The molecule has 1 atom stereocenters. The van der Waals surface area contributed by atoms with Crippen molar-refractivity contribution in [2.75, 3.05) is 13.7 Å². The maximum absolute atomic E-state index is 6.04. The maximum Gasteiger partial charge on any atom is 0.243 e. The second-order valence-electron chi connectivity index (χ2n) is 5.46. The molecule has 0 fully saturated rings. The molecule has 2 N–H and O–H groups in total. The molecule has 1 aromatic heterocycles. The number of aromatic nitrogens is 2. The van der Waals surface area contributed by atoms with Crippen molar-refractivity contribution in [3.05, 3.63) is 46.6 Å². The Morgan fingerprint density at radius 1 is 1.24 bits per heavy atom. The van der Waals surface area contributed by atoms with Gasteiger partial charge in [0.15, 0.2) is 5.82 Å². The second-order valence-corrected chi connectivity index (χ2v) is 5.46. The Kier molecular flexibility index (Phi) is 5.47. The van der Waals surface area contributed by atoms with Crippen LogP contribution in [0.2, 0.25) is 0 Å². The fraction of sp³-hybridized carbons (Fsp3) is 0.500. The molecule has 0 bridgehead atoms. The standard InChI is InChI=1S/C16H23N3O2/c1-11-7-12(2)9-13(8-11)10-15-18-16(21-19-15)14(17)5-4-6-20-3/h7-9,14H,4-6,10,17H2,1-3H3. The summed E-state index contributed by atoms with van der Waals surface area (Å²) in [5, 5.41) is 4.02. The van der Waals surface area contributed by atoms with Crippen molar-refractivity contribution in [3.63, 3.8) is 0 Å². The number of aryl methyl sites for hydroxylation is 2. The second kappa shape index (κ2) is 7.33. The topological polar surface area (TPSA) is 74.2 Å². The lowest BCUT2D eigenvalue weighted by Crippen LogP contribution is -2.11. The number of nitrogens with two attached hydrogens (primary N) is 1. The molecule has 0 amide bonds. The van der Waals surface area contributed by atoms with Gasteiger partial charge in [-0.05, 0) is 32.3 Å². The molecule has 5 nitrogen and oxygen atoms in total. The van der Waals surface area contributed by atoms with Crippen molar-refractivity contribution >= 4 is 0 Å². The Balaban J connectivity index is 1.99. The summed E-state index contributed by atoms with van der Waals surface area (Å²) in [5.41, 5.74) is 9.71. The summed E-state index contributed by atoms with van der Waals surface area (Å²) in [6.45, 7) is 4.87. The van der Waals surface area contributed by atoms with E-state index in [4.69, 9.17) is 15.0 Å². The molecule has 1 heterocycles. The molecular formula is C16H23N3O2. The van der Waals surface area contributed by atoms with Gasteiger partial charge in [0.05, 0.1) is 6.04 Å². The van der Waals surface area contributed by atoms with Crippen molar-refractivity contribution < 1.29 is 9.26 Å². The number of rotatable bonds is 7. The summed E-state index contributed by atoms with van der Waals surface area (Å²) in [6, 6.07) is 6.21. The van der Waals surface area contributed by atoms with E-state index in [1.54, 1.807) is 7.11 Å². The number of methoxy groups -OCH3 is 1. The first-order valence-corrected chi connectivity index (χ1v) is 7.22. The summed E-state index contributed by atoms with van der Waals surface area (Å²) in [5.74, 6) is 1.18. The van der Waals surface area contributed by atoms with Crippen LogP contribution < -0.4 is 5.73 Å². The van der Waals surface area contributed by atoms with Gasteiger partial charge < -0.3 is 15.0 Å². The molecule has 114 valence electrons. The Morgan fingerprint density at radius 3 is 2.62 bits per heavy atom. The zero-order valence-electron chi connectivity index (χ0n) is 12.9. The van der Waals surface area contributed by atoms with Crippen molar-refractivity contribution in [1.29, 1.82) is 0 Å². The Labute approximate surface area is 125 Å². The molecule has 0 radical (unpaired) electrons. The fourth-order valence-electron chi connectivity index (χ4n) is 2.41. The van der Waals surface area contributed by atoms with Gasteiger partial charge in [0.2, 0.25) is 5.89 Å². The lowest BCUT2D eigenvalue weighted by molar-refractivity contribution is 0.188. The van der Waals surface area contributed by atoms with Crippen LogP contribution in [0.25, 0.3) is 0 Å². The molecule has 0 aliphatic carbocycles. The lowest BCUT2D eigenvalue weighted by atomic mass is 10.0. The van der Waals surface area contributed by atoms with Gasteiger partial charge in [0.25, 0.3) is 0 Å². The monoisotopic (exact) mass is 289 g/mol. The molecule has 21 heavy (non-hydrogen) atoms. The third kappa shape index (κ3) is 4.65. The van der Waals surface area contributed by atoms with Crippen molar-refractivity contribution in [1.82, 2.24) is 10.1 Å². The summed E-state index contributed by atoms with van der Waals surface area (Å²) in [6.07, 6.45) is 2.32. The fourth-order valence-corrected chi connectivity index (χ4v) is 2.41. The molecule has 2 aromatic rings. The number of benzene rings is 1. The minimum Gasteiger partial charge on any atom is -0.385 e. The van der Waals surface area contributed by atoms with E-state index in [1.807, 2.05) is 0 Å². The highest BCUT2D eigenvalue weighted by Gasteiger charge is 2.14. The predicted molar refractivity (Wildman–Crippen MR) is 81.1 cm³/mol. The third-order valence-corrected chi connectivity index (χ3v) is 3.31. The first kappa shape index (κ1) is 15.7. The van der Waals surface area contributed by atoms with Crippen LogP contribution in [0.3, 0.4) is 0 Å². The van der Waals surface area contributed by atoms with E-state index in [2.05, 4.69) is 42.2 Å². The first-order valence-electron chi connectivity index (χ1n) is 7.22. The van der Waals surface area contributed by atoms with Crippen LogP contribution in [0.15, 0.2) is 22.7 Å². The van der Waals surface area contributed by atoms with E-state index >= 15 is 0 Å². The Bertz CT molecular complexity index is 560. The lowest BCUT2D eigenvalue weighted by Gasteiger charge is -2.05. The third-order valence-electron chi connectivity index (χ3n) is 3.31. The number of hydrogen-bond donors (Lipinski definition) is 1. The summed E-state index contributed by atoms with van der Waals surface area (Å²) >= 11 is 0. The van der Waals surface area contributed by atoms with Gasteiger partial charge in [-0.25, -0.2) is 0 Å². The minimum atomic E-state index is -0.222. The zero-order chi connectivity index (χ0) is 15.2. The van der Waals surface area contributed by atoms with Crippen molar-refractivity contribution in [2.45, 2.75) is 39.2 Å². The van der Waals surface area contributed by atoms with E-state index in [9.17, 15) is 0 Å². The van der Waals surface area contributed by atoms with Crippen molar-refractivity contribution in [2.24, 2.45) is 5.73 Å². The van der Waals surface area contributed by atoms with Gasteiger partial charge in [-0.3, -0.25) is 0 Å². The molecule has 0 aliphatic rings. The Hall–Kier alpha value is -1.72. The zero-order valence-corrected chi connectivity index (χ0v) is 12.9. The first-order chi connectivity index (χ1) is 10.1. The smallest absolute Gasteiger partial charge is 0.243 e.